The normalized spacial score (nSPS) is 15.5. The zero-order valence-corrected chi connectivity index (χ0v) is 16.7. The van der Waals surface area contributed by atoms with Crippen molar-refractivity contribution in [2.75, 3.05) is 0 Å². The lowest BCUT2D eigenvalue weighted by Gasteiger charge is -2.39. The Balaban J connectivity index is 1.34. The molecule has 1 fully saturated rings. The van der Waals surface area contributed by atoms with Crippen LogP contribution >= 0.6 is 23.4 Å². The number of fused-ring (bicyclic) bond motifs is 1. The third kappa shape index (κ3) is 3.19. The van der Waals surface area contributed by atoms with Gasteiger partial charge < -0.3 is 4.42 Å². The van der Waals surface area contributed by atoms with Crippen molar-refractivity contribution in [1.29, 1.82) is 0 Å². The molecule has 0 radical (unpaired) electrons. The van der Waals surface area contributed by atoms with E-state index in [0.717, 1.165) is 40.9 Å². The van der Waals surface area contributed by atoms with Gasteiger partial charge in [-0.2, -0.15) is 0 Å². The number of benzene rings is 2. The first kappa shape index (κ1) is 17.7. The van der Waals surface area contributed by atoms with Crippen LogP contribution in [0.3, 0.4) is 0 Å². The smallest absolute Gasteiger partial charge is 0.276 e. The summed E-state index contributed by atoms with van der Waals surface area (Å²) >= 11 is 7.58. The molecule has 4 aromatic rings. The van der Waals surface area contributed by atoms with Crippen LogP contribution in [0.4, 0.5) is 0 Å². The van der Waals surface area contributed by atoms with Crippen molar-refractivity contribution in [2.24, 2.45) is 0 Å². The molecule has 0 saturated heterocycles. The van der Waals surface area contributed by atoms with Crippen LogP contribution in [0.25, 0.3) is 10.9 Å². The summed E-state index contributed by atoms with van der Waals surface area (Å²) in [6.07, 6.45) is 3.20. The fourth-order valence-corrected chi connectivity index (χ4v) is 4.51. The number of halogens is 1. The molecule has 2 aromatic heterocycles. The Bertz CT molecular complexity index is 1120. The van der Waals surface area contributed by atoms with Crippen LogP contribution in [0.1, 0.15) is 36.4 Å². The number of nitrogens with zero attached hydrogens (tertiary/aromatic N) is 3. The van der Waals surface area contributed by atoms with E-state index >= 15 is 0 Å². The Morgan fingerprint density at radius 3 is 2.57 bits per heavy atom. The summed E-state index contributed by atoms with van der Waals surface area (Å²) in [4.78, 5) is 4.71. The highest BCUT2D eigenvalue weighted by Crippen LogP contribution is 2.49. The summed E-state index contributed by atoms with van der Waals surface area (Å²) < 4.78 is 6.06. The highest BCUT2D eigenvalue weighted by molar-refractivity contribution is 7.98. The third-order valence-electron chi connectivity index (χ3n) is 5.42. The largest absolute Gasteiger partial charge is 0.415 e. The van der Waals surface area contributed by atoms with Crippen molar-refractivity contribution < 1.29 is 4.42 Å². The Morgan fingerprint density at radius 1 is 0.964 bits per heavy atom. The van der Waals surface area contributed by atoms with Crippen molar-refractivity contribution in [3.05, 3.63) is 82.8 Å². The second-order valence-corrected chi connectivity index (χ2v) is 8.46. The minimum Gasteiger partial charge on any atom is -0.415 e. The van der Waals surface area contributed by atoms with Gasteiger partial charge in [-0.15, -0.1) is 10.2 Å². The first-order valence-electron chi connectivity index (χ1n) is 9.30. The van der Waals surface area contributed by atoms with Gasteiger partial charge >= 0.3 is 0 Å². The topological polar surface area (TPSA) is 51.8 Å². The monoisotopic (exact) mass is 407 g/mol. The van der Waals surface area contributed by atoms with Crippen LogP contribution in [0.2, 0.25) is 5.02 Å². The lowest BCUT2D eigenvalue weighted by atomic mass is 9.64. The van der Waals surface area contributed by atoms with Gasteiger partial charge in [0.1, 0.15) is 0 Å². The van der Waals surface area contributed by atoms with Crippen LogP contribution in [-0.2, 0) is 11.2 Å². The Hall–Kier alpha value is -2.37. The molecule has 0 N–H and O–H groups in total. The second-order valence-electron chi connectivity index (χ2n) is 7.10. The molecule has 0 unspecified atom stereocenters. The number of thioether (sulfide) groups is 1. The fraction of sp³-hybridized carbons (Fsp3) is 0.227. The summed E-state index contributed by atoms with van der Waals surface area (Å²) in [7, 11) is 0. The first-order valence-corrected chi connectivity index (χ1v) is 10.7. The van der Waals surface area contributed by atoms with Gasteiger partial charge in [-0.3, -0.25) is 4.98 Å². The van der Waals surface area contributed by atoms with E-state index in [1.165, 1.54) is 17.3 Å². The molecule has 0 aliphatic heterocycles. The van der Waals surface area contributed by atoms with E-state index in [9.17, 15) is 0 Å². The van der Waals surface area contributed by atoms with E-state index in [1.54, 1.807) is 0 Å². The zero-order chi connectivity index (χ0) is 19.0. The molecule has 1 aliphatic carbocycles. The lowest BCUT2D eigenvalue weighted by molar-refractivity contribution is 0.226. The maximum Gasteiger partial charge on any atom is 0.276 e. The Kier molecular flexibility index (Phi) is 4.57. The number of hydrogen-bond donors (Lipinski definition) is 0. The molecule has 0 bridgehead atoms. The molecular formula is C22H18ClN3OS. The molecule has 0 atom stereocenters. The zero-order valence-electron chi connectivity index (χ0n) is 15.1. The average Bonchev–Trinajstić information content (AvgIpc) is 3.16. The molecule has 6 heteroatoms. The van der Waals surface area contributed by atoms with Gasteiger partial charge in [0.25, 0.3) is 5.22 Å². The van der Waals surface area contributed by atoms with Crippen LogP contribution in [0, 0.1) is 0 Å². The molecule has 2 aromatic carbocycles. The first-order chi connectivity index (χ1) is 13.7. The van der Waals surface area contributed by atoms with Crippen molar-refractivity contribution in [2.45, 2.75) is 35.7 Å². The van der Waals surface area contributed by atoms with Crippen molar-refractivity contribution >= 4 is 34.3 Å². The van der Waals surface area contributed by atoms with Crippen molar-refractivity contribution in [3.63, 3.8) is 0 Å². The molecule has 0 spiro atoms. The van der Waals surface area contributed by atoms with Crippen molar-refractivity contribution in [3.8, 4) is 0 Å². The number of aromatic nitrogens is 3. The van der Waals surface area contributed by atoms with E-state index in [1.807, 2.05) is 36.4 Å². The molecule has 140 valence electrons. The summed E-state index contributed by atoms with van der Waals surface area (Å²) in [6.45, 7) is 0. The lowest BCUT2D eigenvalue weighted by Crippen LogP contribution is -2.35. The number of hydrogen-bond acceptors (Lipinski definition) is 5. The van der Waals surface area contributed by atoms with Gasteiger partial charge in [0.2, 0.25) is 5.89 Å². The molecule has 5 rings (SSSR count). The minimum atomic E-state index is -0.169. The van der Waals surface area contributed by atoms with Gasteiger partial charge in [-0.05, 0) is 42.7 Å². The molecule has 0 amide bonds. The van der Waals surface area contributed by atoms with Gasteiger partial charge in [-0.25, -0.2) is 0 Å². The molecule has 4 nitrogen and oxygen atoms in total. The summed E-state index contributed by atoms with van der Waals surface area (Å²) in [5.74, 6) is 1.40. The Labute approximate surface area is 172 Å². The number of pyridine rings is 1. The summed E-state index contributed by atoms with van der Waals surface area (Å²) in [6, 6.07) is 20.3. The predicted molar refractivity (Wildman–Crippen MR) is 112 cm³/mol. The molecular weight excluding hydrogens is 390 g/mol. The van der Waals surface area contributed by atoms with Gasteiger partial charge in [0.15, 0.2) is 0 Å². The Morgan fingerprint density at radius 2 is 1.79 bits per heavy atom. The van der Waals surface area contributed by atoms with E-state index in [0.29, 0.717) is 16.9 Å². The van der Waals surface area contributed by atoms with Crippen LogP contribution in [-0.4, -0.2) is 15.2 Å². The van der Waals surface area contributed by atoms with Crippen molar-refractivity contribution in [1.82, 2.24) is 15.2 Å². The van der Waals surface area contributed by atoms with Crippen LogP contribution < -0.4 is 0 Å². The van der Waals surface area contributed by atoms with Crippen LogP contribution in [0.5, 0.6) is 0 Å². The number of rotatable bonds is 5. The molecule has 28 heavy (non-hydrogen) atoms. The van der Waals surface area contributed by atoms with E-state index in [4.69, 9.17) is 21.0 Å². The van der Waals surface area contributed by atoms with E-state index in [-0.39, 0.29) is 5.41 Å². The van der Waals surface area contributed by atoms with E-state index in [2.05, 4.69) is 34.5 Å². The van der Waals surface area contributed by atoms with Gasteiger partial charge in [0, 0.05) is 16.2 Å². The summed E-state index contributed by atoms with van der Waals surface area (Å²) in [5, 5.41) is 11.1. The SMILES string of the molecule is Clc1ccc(C2(c3nnc(SCc4ccc5ccccc5n4)o3)CCC2)cc1. The van der Waals surface area contributed by atoms with E-state index < -0.39 is 0 Å². The van der Waals surface area contributed by atoms with Crippen LogP contribution in [0.15, 0.2) is 70.3 Å². The second kappa shape index (κ2) is 7.22. The third-order valence-corrected chi connectivity index (χ3v) is 6.52. The maximum atomic E-state index is 6.06. The molecule has 1 saturated carbocycles. The average molecular weight is 408 g/mol. The number of para-hydroxylation sites is 1. The minimum absolute atomic E-state index is 0.169. The van der Waals surface area contributed by atoms with Gasteiger partial charge in [-0.1, -0.05) is 66.2 Å². The standard InChI is InChI=1S/C22H18ClN3OS/c23-17-9-7-16(8-10-17)22(12-3-13-22)20-25-26-21(27-20)28-14-18-11-6-15-4-1-2-5-19(15)24-18/h1-2,4-11H,3,12-14H2. The highest BCUT2D eigenvalue weighted by Gasteiger charge is 2.45. The maximum absolute atomic E-state index is 6.06. The highest BCUT2D eigenvalue weighted by atomic mass is 35.5. The fourth-order valence-electron chi connectivity index (χ4n) is 3.71. The van der Waals surface area contributed by atoms with Gasteiger partial charge in [0.05, 0.1) is 16.6 Å². The molecule has 1 aliphatic rings. The molecule has 2 heterocycles. The quantitative estimate of drug-likeness (QED) is 0.378. The summed E-state index contributed by atoms with van der Waals surface area (Å²) in [5.41, 5.74) is 3.03. The predicted octanol–water partition coefficient (Wildman–Crippen LogP) is 6.03.